The molecule has 7 rings (SSSR count). The minimum Gasteiger partial charge on any atom is -0.308 e. The maximum atomic E-state index is 15.9. The van der Waals surface area contributed by atoms with Gasteiger partial charge in [0.05, 0.1) is 5.30 Å². The first-order valence-corrected chi connectivity index (χ1v) is 14.2. The maximum absolute atomic E-state index is 15.9. The van der Waals surface area contributed by atoms with E-state index in [-0.39, 0.29) is 0 Å². The second-order valence-corrected chi connectivity index (χ2v) is 12.3. The predicted molar refractivity (Wildman–Crippen MR) is 156 cm³/mol. The summed E-state index contributed by atoms with van der Waals surface area (Å²) in [6, 6.07) is 35.0. The Balaban J connectivity index is 1.74. The van der Waals surface area contributed by atoms with Gasteiger partial charge in [0, 0.05) is 22.7 Å². The molecule has 188 valence electrons. The lowest BCUT2D eigenvalue weighted by Crippen LogP contribution is -2.30. The lowest BCUT2D eigenvalue weighted by Gasteiger charge is -2.25. The molecule has 0 saturated carbocycles. The van der Waals surface area contributed by atoms with E-state index in [1.807, 2.05) is 97.1 Å². The lowest BCUT2D eigenvalue weighted by atomic mass is 10.0. The van der Waals surface area contributed by atoms with Gasteiger partial charge in [-0.1, -0.05) is 97.1 Å². The van der Waals surface area contributed by atoms with E-state index >= 15 is 13.3 Å². The normalized spacial score (nSPS) is 12.1. The second kappa shape index (κ2) is 8.83. The van der Waals surface area contributed by atoms with Gasteiger partial charge in [-0.2, -0.15) is 0 Å². The Kier molecular flexibility index (Phi) is 5.36. The van der Waals surface area contributed by atoms with Crippen LogP contribution < -0.4 is 15.9 Å². The Labute approximate surface area is 222 Å². The van der Waals surface area contributed by atoms with Crippen LogP contribution in [0.4, 0.5) is 13.2 Å². The average Bonchev–Trinajstić information content (AvgIpc) is 2.95. The van der Waals surface area contributed by atoms with Gasteiger partial charge in [-0.05, 0) is 55.2 Å². The quantitative estimate of drug-likeness (QED) is 0.165. The SMILES string of the molecule is O=P(c1c(F)cc(F)cc1F)(c1cc2ccccc2c2ccccc12)c1cc2ccccc2c2ccccc12. The van der Waals surface area contributed by atoms with Gasteiger partial charge in [-0.15, -0.1) is 0 Å². The molecule has 0 aromatic heterocycles. The van der Waals surface area contributed by atoms with Crippen molar-refractivity contribution in [3.63, 3.8) is 0 Å². The van der Waals surface area contributed by atoms with Crippen LogP contribution >= 0.6 is 7.14 Å². The summed E-state index contributed by atoms with van der Waals surface area (Å²) in [5.74, 6) is -3.41. The third kappa shape index (κ3) is 3.52. The number of hydrogen-bond donors (Lipinski definition) is 0. The summed E-state index contributed by atoms with van der Waals surface area (Å²) in [6.07, 6.45) is 0. The highest BCUT2D eigenvalue weighted by Crippen LogP contribution is 2.49. The summed E-state index contributed by atoms with van der Waals surface area (Å²) in [5.41, 5.74) is 0. The van der Waals surface area contributed by atoms with Gasteiger partial charge in [-0.3, -0.25) is 0 Å². The first-order chi connectivity index (χ1) is 19.0. The molecule has 39 heavy (non-hydrogen) atoms. The molecule has 7 aromatic carbocycles. The van der Waals surface area contributed by atoms with Gasteiger partial charge in [0.1, 0.15) is 17.5 Å². The van der Waals surface area contributed by atoms with Gasteiger partial charge >= 0.3 is 0 Å². The smallest absolute Gasteiger partial charge is 0.178 e. The van der Waals surface area contributed by atoms with Crippen molar-refractivity contribution in [1.82, 2.24) is 0 Å². The summed E-state index contributed by atoms with van der Waals surface area (Å²) >= 11 is 0. The molecule has 0 aliphatic heterocycles. The first-order valence-electron chi connectivity index (χ1n) is 12.5. The van der Waals surface area contributed by atoms with Crippen LogP contribution in [0.15, 0.2) is 121 Å². The Morgan fingerprint density at radius 1 is 0.436 bits per heavy atom. The van der Waals surface area contributed by atoms with Crippen molar-refractivity contribution in [3.05, 3.63) is 139 Å². The van der Waals surface area contributed by atoms with Gasteiger partial charge in [0.25, 0.3) is 0 Å². The molecule has 0 fully saturated rings. The summed E-state index contributed by atoms with van der Waals surface area (Å²) in [5, 5.41) is 6.34. The van der Waals surface area contributed by atoms with Crippen LogP contribution in [0, 0.1) is 17.5 Å². The number of rotatable bonds is 3. The van der Waals surface area contributed by atoms with Crippen molar-refractivity contribution in [2.75, 3.05) is 0 Å². The van der Waals surface area contributed by atoms with E-state index < -0.39 is 29.9 Å². The van der Waals surface area contributed by atoms with Crippen LogP contribution in [0.5, 0.6) is 0 Å². The molecule has 0 radical (unpaired) electrons. The maximum Gasteiger partial charge on any atom is 0.178 e. The monoisotopic (exact) mass is 532 g/mol. The molecule has 0 aliphatic rings. The zero-order chi connectivity index (χ0) is 26.7. The summed E-state index contributed by atoms with van der Waals surface area (Å²) < 4.78 is 61.5. The molecule has 7 aromatic rings. The van der Waals surface area contributed by atoms with E-state index in [1.165, 1.54) is 0 Å². The van der Waals surface area contributed by atoms with E-state index in [2.05, 4.69) is 0 Å². The zero-order valence-corrected chi connectivity index (χ0v) is 21.4. The van der Waals surface area contributed by atoms with E-state index in [4.69, 9.17) is 0 Å². The third-order valence-electron chi connectivity index (χ3n) is 7.47. The van der Waals surface area contributed by atoms with Crippen molar-refractivity contribution in [2.45, 2.75) is 0 Å². The Morgan fingerprint density at radius 3 is 1.23 bits per heavy atom. The summed E-state index contributed by atoms with van der Waals surface area (Å²) in [7, 11) is -4.29. The standard InChI is InChI=1S/C34H20F3OP/c35-23-19-30(36)34(31(37)20-23)39(38,32-17-21-9-1-3-11-24(21)26-13-5-7-15-28(26)32)33-18-22-10-2-4-12-25(22)27-14-6-8-16-29(27)33/h1-20H. The van der Waals surface area contributed by atoms with Crippen molar-refractivity contribution >= 4 is 66.1 Å². The molecular weight excluding hydrogens is 512 g/mol. The molecule has 0 heterocycles. The molecule has 0 atom stereocenters. The molecule has 0 bridgehead atoms. The van der Waals surface area contributed by atoms with Gasteiger partial charge in [0.2, 0.25) is 0 Å². The van der Waals surface area contributed by atoms with Gasteiger partial charge < -0.3 is 4.57 Å². The highest BCUT2D eigenvalue weighted by molar-refractivity contribution is 7.86. The van der Waals surface area contributed by atoms with Gasteiger partial charge in [0.15, 0.2) is 7.14 Å². The Morgan fingerprint density at radius 2 is 0.795 bits per heavy atom. The first kappa shape index (κ1) is 23.7. The molecule has 0 aliphatic carbocycles. The minimum absolute atomic E-state index is 0.307. The third-order valence-corrected chi connectivity index (χ3v) is 10.6. The Hall–Kier alpha value is -4.40. The van der Waals surface area contributed by atoms with Crippen molar-refractivity contribution in [2.24, 2.45) is 0 Å². The second-order valence-electron chi connectivity index (χ2n) is 9.65. The largest absolute Gasteiger partial charge is 0.308 e. The number of fused-ring (bicyclic) bond motifs is 6. The average molecular weight is 533 g/mol. The predicted octanol–water partition coefficient (Wildman–Crippen LogP) is 8.36. The topological polar surface area (TPSA) is 17.1 Å². The van der Waals surface area contributed by atoms with Gasteiger partial charge in [-0.25, -0.2) is 13.2 Å². The van der Waals surface area contributed by atoms with E-state index in [0.717, 1.165) is 32.3 Å². The summed E-state index contributed by atoms with van der Waals surface area (Å²) in [6.45, 7) is 0. The van der Waals surface area contributed by atoms with E-state index in [9.17, 15) is 4.39 Å². The molecule has 0 spiro atoms. The lowest BCUT2D eigenvalue weighted by molar-refractivity contribution is 0.549. The van der Waals surface area contributed by atoms with Crippen LogP contribution in [0.2, 0.25) is 0 Å². The van der Waals surface area contributed by atoms with E-state index in [1.54, 1.807) is 12.1 Å². The van der Waals surface area contributed by atoms with Crippen LogP contribution in [-0.4, -0.2) is 0 Å². The minimum atomic E-state index is -4.29. The highest BCUT2D eigenvalue weighted by atomic mass is 31.2. The van der Waals surface area contributed by atoms with Crippen LogP contribution in [0.1, 0.15) is 0 Å². The molecule has 1 nitrogen and oxygen atoms in total. The molecule has 5 heteroatoms. The van der Waals surface area contributed by atoms with Crippen molar-refractivity contribution in [3.8, 4) is 0 Å². The number of halogens is 3. The van der Waals surface area contributed by atoms with Crippen LogP contribution in [0.3, 0.4) is 0 Å². The highest BCUT2D eigenvalue weighted by Gasteiger charge is 2.39. The molecule has 0 saturated heterocycles. The summed E-state index contributed by atoms with van der Waals surface area (Å²) in [4.78, 5) is 0. The molecule has 0 amide bonds. The fourth-order valence-electron chi connectivity index (χ4n) is 5.80. The molecule has 0 N–H and O–H groups in total. The fraction of sp³-hybridized carbons (Fsp3) is 0. The molecular formula is C34H20F3OP. The molecule has 0 unspecified atom stereocenters. The van der Waals surface area contributed by atoms with Crippen molar-refractivity contribution < 1.29 is 17.7 Å². The number of hydrogen-bond acceptors (Lipinski definition) is 1. The van der Waals surface area contributed by atoms with Crippen LogP contribution in [0.25, 0.3) is 43.1 Å². The van der Waals surface area contributed by atoms with Crippen LogP contribution in [-0.2, 0) is 4.57 Å². The number of benzene rings is 7. The Bertz CT molecular complexity index is 2010. The zero-order valence-electron chi connectivity index (χ0n) is 20.5. The van der Waals surface area contributed by atoms with Crippen molar-refractivity contribution in [1.29, 1.82) is 0 Å². The van der Waals surface area contributed by atoms with E-state index in [0.29, 0.717) is 33.5 Å². The fourth-order valence-corrected chi connectivity index (χ4v) is 8.98.